The number of aliphatic carboxylic acids is 1. The topological polar surface area (TPSA) is 83.8 Å². The number of hydrogen-bond acceptors (Lipinski definition) is 4. The summed E-state index contributed by atoms with van der Waals surface area (Å²) in [6, 6.07) is 8.58. The summed E-state index contributed by atoms with van der Waals surface area (Å²) < 4.78 is 5.57. The van der Waals surface area contributed by atoms with Crippen molar-refractivity contribution >= 4 is 23.3 Å². The van der Waals surface area contributed by atoms with E-state index in [1.165, 1.54) is 0 Å². The van der Waals surface area contributed by atoms with Gasteiger partial charge in [0.25, 0.3) is 0 Å². The fourth-order valence-corrected chi connectivity index (χ4v) is 2.89. The third kappa shape index (κ3) is 3.65. The quantitative estimate of drug-likeness (QED) is 0.814. The van der Waals surface area contributed by atoms with Crippen molar-refractivity contribution in [3.8, 4) is 5.75 Å². The number of ether oxygens (including phenoxy) is 1. The Bertz CT molecular complexity index is 659. The lowest BCUT2D eigenvalue weighted by Gasteiger charge is -2.11. The van der Waals surface area contributed by atoms with Crippen LogP contribution in [0.3, 0.4) is 0 Å². The molecule has 0 aliphatic heterocycles. The smallest absolute Gasteiger partial charge is 0.346 e. The molecule has 0 aliphatic carbocycles. The van der Waals surface area contributed by atoms with E-state index in [9.17, 15) is 9.59 Å². The molecule has 0 saturated heterocycles. The van der Waals surface area contributed by atoms with Gasteiger partial charge in [-0.3, -0.25) is 4.79 Å². The van der Waals surface area contributed by atoms with Crippen LogP contribution in [0, 0.1) is 0 Å². The number of carboxylic acid groups (broad SMARTS) is 2. The van der Waals surface area contributed by atoms with Crippen molar-refractivity contribution in [2.24, 2.45) is 0 Å². The average Bonchev–Trinajstić information content (AvgIpc) is 2.95. The number of benzene rings is 1. The zero-order valence-corrected chi connectivity index (χ0v) is 12.8. The van der Waals surface area contributed by atoms with Gasteiger partial charge in [0.05, 0.1) is 5.92 Å². The average molecular weight is 320 g/mol. The summed E-state index contributed by atoms with van der Waals surface area (Å²) in [5, 5.41) is 19.9. The Morgan fingerprint density at radius 1 is 1.18 bits per heavy atom. The highest BCUT2D eigenvalue weighted by Gasteiger charge is 2.17. The van der Waals surface area contributed by atoms with Crippen LogP contribution in [0.1, 0.15) is 40.1 Å². The summed E-state index contributed by atoms with van der Waals surface area (Å²) in [7, 11) is 0. The standard InChI is InChI=1S/C16H16O5S/c1-2-13(15(17)18)10-3-5-12(6-4-10)21-9-11-7-8-22-14(11)16(19)20/h3-8,13H,2,9H2,1H3,(H,17,18)(H,19,20). The largest absolute Gasteiger partial charge is 0.489 e. The molecular weight excluding hydrogens is 304 g/mol. The molecule has 1 atom stereocenters. The van der Waals surface area contributed by atoms with Crippen molar-refractivity contribution < 1.29 is 24.5 Å². The van der Waals surface area contributed by atoms with Crippen LogP contribution < -0.4 is 4.74 Å². The molecular formula is C16H16O5S. The van der Waals surface area contributed by atoms with E-state index in [1.54, 1.807) is 35.7 Å². The third-order valence-corrected chi connectivity index (χ3v) is 4.27. The second-order valence-electron chi connectivity index (χ2n) is 4.74. The first-order valence-corrected chi connectivity index (χ1v) is 7.66. The molecule has 0 amide bonds. The Balaban J connectivity index is 2.04. The van der Waals surface area contributed by atoms with Gasteiger partial charge < -0.3 is 14.9 Å². The summed E-state index contributed by atoms with van der Waals surface area (Å²) in [6.45, 7) is 1.99. The van der Waals surface area contributed by atoms with E-state index in [2.05, 4.69) is 0 Å². The second kappa shape index (κ2) is 7.09. The molecule has 116 valence electrons. The van der Waals surface area contributed by atoms with Crippen molar-refractivity contribution in [1.82, 2.24) is 0 Å². The zero-order chi connectivity index (χ0) is 16.1. The molecule has 6 heteroatoms. The van der Waals surface area contributed by atoms with Crippen molar-refractivity contribution in [1.29, 1.82) is 0 Å². The Kier molecular flexibility index (Phi) is 5.16. The monoisotopic (exact) mass is 320 g/mol. The van der Waals surface area contributed by atoms with Crippen molar-refractivity contribution in [2.75, 3.05) is 0 Å². The van der Waals surface area contributed by atoms with E-state index in [0.29, 0.717) is 17.7 Å². The van der Waals surface area contributed by atoms with Crippen LogP contribution in [-0.2, 0) is 11.4 Å². The van der Waals surface area contributed by atoms with Crippen LogP contribution in [0.2, 0.25) is 0 Å². The zero-order valence-electron chi connectivity index (χ0n) is 12.0. The van der Waals surface area contributed by atoms with E-state index in [1.807, 2.05) is 6.92 Å². The van der Waals surface area contributed by atoms with E-state index in [4.69, 9.17) is 14.9 Å². The number of rotatable bonds is 7. The normalized spacial score (nSPS) is 11.9. The number of aromatic carboxylic acids is 1. The summed E-state index contributed by atoms with van der Waals surface area (Å²) in [4.78, 5) is 22.4. The molecule has 1 aromatic carbocycles. The fraction of sp³-hybridized carbons (Fsp3) is 0.250. The van der Waals surface area contributed by atoms with E-state index in [0.717, 1.165) is 16.9 Å². The molecule has 1 unspecified atom stereocenters. The van der Waals surface area contributed by atoms with Gasteiger partial charge in [-0.25, -0.2) is 4.79 Å². The van der Waals surface area contributed by atoms with E-state index >= 15 is 0 Å². The Hall–Kier alpha value is -2.34. The molecule has 5 nitrogen and oxygen atoms in total. The van der Waals surface area contributed by atoms with Gasteiger partial charge in [0, 0.05) is 5.56 Å². The molecule has 0 spiro atoms. The van der Waals surface area contributed by atoms with Crippen LogP contribution in [0.25, 0.3) is 0 Å². The minimum Gasteiger partial charge on any atom is -0.489 e. The minimum absolute atomic E-state index is 0.167. The highest BCUT2D eigenvalue weighted by molar-refractivity contribution is 7.12. The van der Waals surface area contributed by atoms with Crippen LogP contribution in [0.15, 0.2) is 35.7 Å². The number of carboxylic acids is 2. The van der Waals surface area contributed by atoms with Gasteiger partial charge in [-0.05, 0) is 35.6 Å². The molecule has 0 bridgehead atoms. The van der Waals surface area contributed by atoms with Gasteiger partial charge in [-0.2, -0.15) is 0 Å². The lowest BCUT2D eigenvalue weighted by atomic mass is 9.97. The van der Waals surface area contributed by atoms with Crippen molar-refractivity contribution in [3.05, 3.63) is 51.7 Å². The van der Waals surface area contributed by atoms with Gasteiger partial charge in [0.1, 0.15) is 17.2 Å². The number of carbonyl (C=O) groups is 2. The van der Waals surface area contributed by atoms with Crippen LogP contribution in [0.4, 0.5) is 0 Å². The molecule has 2 N–H and O–H groups in total. The third-order valence-electron chi connectivity index (χ3n) is 3.32. The molecule has 0 fully saturated rings. The first kappa shape index (κ1) is 16.0. The van der Waals surface area contributed by atoms with Gasteiger partial charge >= 0.3 is 11.9 Å². The first-order valence-electron chi connectivity index (χ1n) is 6.78. The van der Waals surface area contributed by atoms with Gasteiger partial charge in [-0.1, -0.05) is 19.1 Å². The maximum absolute atomic E-state index is 11.1. The molecule has 0 radical (unpaired) electrons. The molecule has 1 heterocycles. The van der Waals surface area contributed by atoms with Crippen molar-refractivity contribution in [3.63, 3.8) is 0 Å². The summed E-state index contributed by atoms with van der Waals surface area (Å²) in [5.74, 6) is -1.76. The Morgan fingerprint density at radius 3 is 2.41 bits per heavy atom. The van der Waals surface area contributed by atoms with Gasteiger partial charge in [0.15, 0.2) is 0 Å². The van der Waals surface area contributed by atoms with Gasteiger partial charge in [0.2, 0.25) is 0 Å². The van der Waals surface area contributed by atoms with E-state index in [-0.39, 0.29) is 11.5 Å². The molecule has 1 aromatic heterocycles. The lowest BCUT2D eigenvalue weighted by molar-refractivity contribution is -0.138. The summed E-state index contributed by atoms with van der Waals surface area (Å²) in [5.41, 5.74) is 1.35. The second-order valence-corrected chi connectivity index (χ2v) is 5.65. The Labute approximate surface area is 131 Å². The molecule has 2 aromatic rings. The molecule has 22 heavy (non-hydrogen) atoms. The predicted molar refractivity (Wildman–Crippen MR) is 82.7 cm³/mol. The van der Waals surface area contributed by atoms with Gasteiger partial charge in [-0.15, -0.1) is 11.3 Å². The molecule has 0 saturated carbocycles. The minimum atomic E-state index is -0.962. The van der Waals surface area contributed by atoms with E-state index < -0.39 is 17.9 Å². The first-order chi connectivity index (χ1) is 10.5. The molecule has 2 rings (SSSR count). The van der Waals surface area contributed by atoms with Crippen molar-refractivity contribution in [2.45, 2.75) is 25.9 Å². The number of thiophene rings is 1. The van der Waals surface area contributed by atoms with Crippen LogP contribution in [0.5, 0.6) is 5.75 Å². The summed E-state index contributed by atoms with van der Waals surface area (Å²) in [6.07, 6.45) is 0.520. The SMILES string of the molecule is CCC(C(=O)O)c1ccc(OCc2ccsc2C(=O)O)cc1. The molecule has 0 aliphatic rings. The lowest BCUT2D eigenvalue weighted by Crippen LogP contribution is -2.10. The predicted octanol–water partition coefficient (Wildman–Crippen LogP) is 3.60. The highest BCUT2D eigenvalue weighted by Crippen LogP contribution is 2.24. The highest BCUT2D eigenvalue weighted by atomic mass is 32.1. The maximum Gasteiger partial charge on any atom is 0.346 e. The Morgan fingerprint density at radius 2 is 1.86 bits per heavy atom. The summed E-state index contributed by atoms with van der Waals surface area (Å²) >= 11 is 1.16. The maximum atomic E-state index is 11.1. The van der Waals surface area contributed by atoms with Crippen LogP contribution in [-0.4, -0.2) is 22.2 Å². The number of hydrogen-bond donors (Lipinski definition) is 2. The van der Waals surface area contributed by atoms with Crippen LogP contribution >= 0.6 is 11.3 Å². The fourth-order valence-electron chi connectivity index (χ4n) is 2.15.